The number of halogens is 2. The molecule has 0 spiro atoms. The maximum absolute atomic E-state index is 14.3. The van der Waals surface area contributed by atoms with Gasteiger partial charge < -0.3 is 5.73 Å². The van der Waals surface area contributed by atoms with Gasteiger partial charge in [0.15, 0.2) is 0 Å². The van der Waals surface area contributed by atoms with Crippen LogP contribution < -0.4 is 5.73 Å². The first-order valence-corrected chi connectivity index (χ1v) is 7.97. The van der Waals surface area contributed by atoms with Crippen LogP contribution in [-0.2, 0) is 5.54 Å². The molecule has 106 valence electrons. The van der Waals surface area contributed by atoms with Crippen molar-refractivity contribution in [3.63, 3.8) is 0 Å². The monoisotopic (exact) mass is 327 g/mol. The Labute approximate surface area is 123 Å². The summed E-state index contributed by atoms with van der Waals surface area (Å²) in [4.78, 5) is 0. The Bertz CT molecular complexity index is 446. The minimum Gasteiger partial charge on any atom is -0.321 e. The van der Waals surface area contributed by atoms with E-state index in [2.05, 4.69) is 29.8 Å². The summed E-state index contributed by atoms with van der Waals surface area (Å²) in [6, 6.07) is 5.45. The molecule has 1 nitrogen and oxygen atoms in total. The molecule has 1 fully saturated rings. The highest BCUT2D eigenvalue weighted by Gasteiger charge is 2.34. The molecule has 2 atom stereocenters. The van der Waals surface area contributed by atoms with E-state index in [-0.39, 0.29) is 5.82 Å². The fourth-order valence-corrected chi connectivity index (χ4v) is 3.58. The van der Waals surface area contributed by atoms with E-state index in [9.17, 15) is 4.39 Å². The van der Waals surface area contributed by atoms with Gasteiger partial charge >= 0.3 is 0 Å². The van der Waals surface area contributed by atoms with Crippen LogP contribution in [-0.4, -0.2) is 0 Å². The predicted molar refractivity (Wildman–Crippen MR) is 81.4 cm³/mol. The average molecular weight is 328 g/mol. The van der Waals surface area contributed by atoms with Crippen LogP contribution in [0.1, 0.15) is 51.5 Å². The first-order valence-electron chi connectivity index (χ1n) is 7.17. The van der Waals surface area contributed by atoms with Gasteiger partial charge in [-0.05, 0) is 53.1 Å². The molecule has 3 heteroatoms. The summed E-state index contributed by atoms with van der Waals surface area (Å²) in [5.41, 5.74) is 6.72. The van der Waals surface area contributed by atoms with Gasteiger partial charge in [0.1, 0.15) is 5.82 Å². The summed E-state index contributed by atoms with van der Waals surface area (Å²) in [6.45, 7) is 4.54. The maximum Gasteiger partial charge on any atom is 0.142 e. The summed E-state index contributed by atoms with van der Waals surface area (Å²) in [5, 5.41) is 0. The molecule has 0 amide bonds. The third-order valence-corrected chi connectivity index (χ3v) is 5.20. The standard InChI is InChI=1S/C16H23BrFN/c1-11(2)12-5-4-9-16(19,10-8-12)13-6-3-7-14(17)15(13)18/h3,6-7,11-12H,4-5,8-10,19H2,1-2H3. The lowest BCUT2D eigenvalue weighted by atomic mass is 9.82. The van der Waals surface area contributed by atoms with Gasteiger partial charge in [0.05, 0.1) is 4.47 Å². The van der Waals surface area contributed by atoms with Gasteiger partial charge in [-0.15, -0.1) is 0 Å². The van der Waals surface area contributed by atoms with E-state index >= 15 is 0 Å². The second-order valence-corrected chi connectivity index (χ2v) is 7.05. The Hall–Kier alpha value is -0.410. The summed E-state index contributed by atoms with van der Waals surface area (Å²) in [5.74, 6) is 1.23. The largest absolute Gasteiger partial charge is 0.321 e. The Balaban J connectivity index is 2.25. The molecule has 0 bridgehead atoms. The van der Waals surface area contributed by atoms with Gasteiger partial charge in [-0.25, -0.2) is 4.39 Å². The molecule has 0 aliphatic heterocycles. The van der Waals surface area contributed by atoms with Crippen LogP contribution in [0.15, 0.2) is 22.7 Å². The van der Waals surface area contributed by atoms with Gasteiger partial charge in [-0.1, -0.05) is 38.8 Å². The van der Waals surface area contributed by atoms with Crippen molar-refractivity contribution >= 4 is 15.9 Å². The second kappa shape index (κ2) is 5.92. The zero-order valence-corrected chi connectivity index (χ0v) is 13.3. The molecule has 0 saturated heterocycles. The number of hydrogen-bond donors (Lipinski definition) is 1. The highest BCUT2D eigenvalue weighted by atomic mass is 79.9. The lowest BCUT2D eigenvalue weighted by Crippen LogP contribution is -2.37. The van der Waals surface area contributed by atoms with E-state index in [1.165, 1.54) is 6.42 Å². The highest BCUT2D eigenvalue weighted by Crippen LogP contribution is 2.40. The van der Waals surface area contributed by atoms with Gasteiger partial charge in [0.25, 0.3) is 0 Å². The molecule has 1 aliphatic rings. The van der Waals surface area contributed by atoms with Gasteiger partial charge in [0, 0.05) is 11.1 Å². The first kappa shape index (κ1) is 15.0. The average Bonchev–Trinajstić information content (AvgIpc) is 2.55. The minimum absolute atomic E-state index is 0.187. The summed E-state index contributed by atoms with van der Waals surface area (Å²) < 4.78 is 14.8. The van der Waals surface area contributed by atoms with Gasteiger partial charge in [0.2, 0.25) is 0 Å². The van der Waals surface area contributed by atoms with Crippen LogP contribution in [0.25, 0.3) is 0 Å². The molecule has 2 rings (SSSR count). The fourth-order valence-electron chi connectivity index (χ4n) is 3.22. The molecule has 1 aliphatic carbocycles. The Morgan fingerprint density at radius 3 is 2.74 bits per heavy atom. The first-order chi connectivity index (χ1) is 8.94. The van der Waals surface area contributed by atoms with Crippen molar-refractivity contribution in [1.82, 2.24) is 0 Å². The molecule has 0 heterocycles. The van der Waals surface area contributed by atoms with E-state index in [1.807, 2.05) is 12.1 Å². The van der Waals surface area contributed by atoms with E-state index in [0.29, 0.717) is 16.0 Å². The molecule has 19 heavy (non-hydrogen) atoms. The van der Waals surface area contributed by atoms with Crippen molar-refractivity contribution in [3.8, 4) is 0 Å². The minimum atomic E-state index is -0.502. The Morgan fingerprint density at radius 1 is 1.32 bits per heavy atom. The molecule has 0 aromatic heterocycles. The third-order valence-electron chi connectivity index (χ3n) is 4.59. The molecular formula is C16H23BrFN. The predicted octanol–water partition coefficient (Wildman–Crippen LogP) is 4.98. The maximum atomic E-state index is 14.3. The SMILES string of the molecule is CC(C)C1CCCC(N)(c2cccc(Br)c2F)CC1. The van der Waals surface area contributed by atoms with E-state index < -0.39 is 5.54 Å². The number of hydrogen-bond acceptors (Lipinski definition) is 1. The summed E-state index contributed by atoms with van der Waals surface area (Å²) in [6.07, 6.45) is 5.16. The number of nitrogens with two attached hydrogens (primary N) is 1. The van der Waals surface area contributed by atoms with E-state index in [1.54, 1.807) is 6.07 Å². The van der Waals surface area contributed by atoms with Crippen LogP contribution in [0.4, 0.5) is 4.39 Å². The van der Waals surface area contributed by atoms with Crippen LogP contribution in [0.5, 0.6) is 0 Å². The zero-order valence-electron chi connectivity index (χ0n) is 11.8. The van der Waals surface area contributed by atoms with Gasteiger partial charge in [-0.2, -0.15) is 0 Å². The van der Waals surface area contributed by atoms with Crippen molar-refractivity contribution in [2.24, 2.45) is 17.6 Å². The molecule has 1 saturated carbocycles. The lowest BCUT2D eigenvalue weighted by Gasteiger charge is -2.29. The topological polar surface area (TPSA) is 26.0 Å². The summed E-state index contributed by atoms with van der Waals surface area (Å²) in [7, 11) is 0. The van der Waals surface area contributed by atoms with Gasteiger partial charge in [-0.3, -0.25) is 0 Å². The van der Waals surface area contributed by atoms with Crippen molar-refractivity contribution in [2.45, 2.75) is 51.5 Å². The molecule has 0 radical (unpaired) electrons. The smallest absolute Gasteiger partial charge is 0.142 e. The molecular weight excluding hydrogens is 305 g/mol. The normalized spacial score (nSPS) is 28.4. The van der Waals surface area contributed by atoms with Crippen LogP contribution in [0, 0.1) is 17.7 Å². The van der Waals surface area contributed by atoms with Crippen LogP contribution >= 0.6 is 15.9 Å². The number of benzene rings is 1. The second-order valence-electron chi connectivity index (χ2n) is 6.19. The van der Waals surface area contributed by atoms with Crippen molar-refractivity contribution in [3.05, 3.63) is 34.1 Å². The van der Waals surface area contributed by atoms with E-state index in [4.69, 9.17) is 5.73 Å². The lowest BCUT2D eigenvalue weighted by molar-refractivity contribution is 0.321. The van der Waals surface area contributed by atoms with Crippen molar-refractivity contribution in [2.75, 3.05) is 0 Å². The Kier molecular flexibility index (Phi) is 4.67. The highest BCUT2D eigenvalue weighted by molar-refractivity contribution is 9.10. The van der Waals surface area contributed by atoms with Crippen LogP contribution in [0.3, 0.4) is 0 Å². The quantitative estimate of drug-likeness (QED) is 0.762. The van der Waals surface area contributed by atoms with Crippen molar-refractivity contribution < 1.29 is 4.39 Å². The van der Waals surface area contributed by atoms with Crippen molar-refractivity contribution in [1.29, 1.82) is 0 Å². The number of rotatable bonds is 2. The Morgan fingerprint density at radius 2 is 2.05 bits per heavy atom. The molecule has 1 aromatic rings. The molecule has 2 unspecified atom stereocenters. The zero-order chi connectivity index (χ0) is 14.0. The van der Waals surface area contributed by atoms with Crippen LogP contribution in [0.2, 0.25) is 0 Å². The third kappa shape index (κ3) is 3.19. The molecule has 2 N–H and O–H groups in total. The fraction of sp³-hybridized carbons (Fsp3) is 0.625. The molecule has 1 aromatic carbocycles. The van der Waals surface area contributed by atoms with E-state index in [0.717, 1.165) is 31.6 Å². The summed E-state index contributed by atoms with van der Waals surface area (Å²) >= 11 is 3.26.